The minimum Gasteiger partial charge on any atom is -0.371 e. The first kappa shape index (κ1) is 16.8. The Balaban J connectivity index is 2.26. The highest BCUT2D eigenvalue weighted by Gasteiger charge is 2.24. The van der Waals surface area contributed by atoms with Crippen LogP contribution in [-0.4, -0.2) is 19.6 Å². The molecular weight excluding hydrogens is 324 g/mol. The molecule has 0 amide bonds. The van der Waals surface area contributed by atoms with Crippen molar-refractivity contribution in [3.63, 3.8) is 0 Å². The van der Waals surface area contributed by atoms with Gasteiger partial charge >= 0.3 is 0 Å². The van der Waals surface area contributed by atoms with Gasteiger partial charge in [-0.2, -0.15) is 0 Å². The molecule has 1 fully saturated rings. The minimum absolute atomic E-state index is 0.388. The van der Waals surface area contributed by atoms with Crippen LogP contribution < -0.4 is 10.2 Å². The van der Waals surface area contributed by atoms with E-state index in [0.717, 1.165) is 6.54 Å². The molecule has 0 aliphatic carbocycles. The van der Waals surface area contributed by atoms with Crippen LogP contribution in [0.25, 0.3) is 0 Å². The molecule has 1 atom stereocenters. The van der Waals surface area contributed by atoms with Crippen molar-refractivity contribution in [3.8, 4) is 0 Å². The zero-order valence-electron chi connectivity index (χ0n) is 13.9. The molecule has 0 aromatic heterocycles. The smallest absolute Gasteiger partial charge is 0.0415 e. The summed E-state index contributed by atoms with van der Waals surface area (Å²) in [6.45, 7) is 12.6. The number of halogens is 1. The van der Waals surface area contributed by atoms with E-state index in [9.17, 15) is 0 Å². The number of nitrogens with one attached hydrogen (secondary N) is 1. The molecule has 1 aliphatic heterocycles. The van der Waals surface area contributed by atoms with Gasteiger partial charge in [0, 0.05) is 29.3 Å². The lowest BCUT2D eigenvalue weighted by atomic mass is 9.85. The molecule has 0 bridgehead atoms. The van der Waals surface area contributed by atoms with Gasteiger partial charge in [-0.1, -0.05) is 36.7 Å². The van der Waals surface area contributed by atoms with Crippen molar-refractivity contribution in [1.29, 1.82) is 0 Å². The summed E-state index contributed by atoms with van der Waals surface area (Å²) in [5, 5.41) is 3.55. The second-order valence-electron chi connectivity index (χ2n) is 6.99. The molecule has 1 aromatic rings. The third-order valence-electron chi connectivity index (χ3n) is 4.65. The van der Waals surface area contributed by atoms with Crippen LogP contribution >= 0.6 is 15.9 Å². The Bertz CT molecular complexity index is 470. The van der Waals surface area contributed by atoms with Gasteiger partial charge in [0.05, 0.1) is 0 Å². The summed E-state index contributed by atoms with van der Waals surface area (Å²) >= 11 is 3.63. The van der Waals surface area contributed by atoms with Gasteiger partial charge < -0.3 is 10.2 Å². The van der Waals surface area contributed by atoms with Gasteiger partial charge in [-0.05, 0) is 61.9 Å². The van der Waals surface area contributed by atoms with Gasteiger partial charge in [-0.15, -0.1) is 0 Å². The minimum atomic E-state index is 0.388. The van der Waals surface area contributed by atoms with Crippen LogP contribution in [-0.2, 0) is 0 Å². The number of benzene rings is 1. The third kappa shape index (κ3) is 4.46. The zero-order chi connectivity index (χ0) is 15.5. The Labute approximate surface area is 138 Å². The van der Waals surface area contributed by atoms with Gasteiger partial charge in [0.15, 0.2) is 0 Å². The molecule has 1 aliphatic rings. The van der Waals surface area contributed by atoms with Crippen molar-refractivity contribution in [1.82, 2.24) is 5.32 Å². The van der Waals surface area contributed by atoms with Crippen LogP contribution in [0.2, 0.25) is 0 Å². The van der Waals surface area contributed by atoms with E-state index in [0.29, 0.717) is 11.5 Å². The monoisotopic (exact) mass is 352 g/mol. The predicted molar refractivity (Wildman–Crippen MR) is 96.1 cm³/mol. The second-order valence-corrected chi connectivity index (χ2v) is 7.90. The van der Waals surface area contributed by atoms with E-state index in [1.54, 1.807) is 0 Å². The molecular formula is C18H29BrN2. The first-order valence-corrected chi connectivity index (χ1v) is 9.00. The number of nitrogens with zero attached hydrogens (tertiary/aromatic N) is 1. The van der Waals surface area contributed by atoms with Gasteiger partial charge in [-0.3, -0.25) is 0 Å². The largest absolute Gasteiger partial charge is 0.371 e. The van der Waals surface area contributed by atoms with Crippen LogP contribution in [0.4, 0.5) is 5.69 Å². The van der Waals surface area contributed by atoms with Crippen LogP contribution in [0.1, 0.15) is 58.6 Å². The SMILES string of the molecule is CCNC(C)c1cc(Br)ccc1N1CCCC(C)(C)CC1. The summed E-state index contributed by atoms with van der Waals surface area (Å²) in [5.41, 5.74) is 3.30. The van der Waals surface area contributed by atoms with Crippen molar-refractivity contribution in [2.75, 3.05) is 24.5 Å². The number of hydrogen-bond acceptors (Lipinski definition) is 2. The maximum Gasteiger partial charge on any atom is 0.0415 e. The molecule has 3 heteroatoms. The molecule has 1 aromatic carbocycles. The quantitative estimate of drug-likeness (QED) is 0.807. The van der Waals surface area contributed by atoms with Crippen molar-refractivity contribution < 1.29 is 0 Å². The topological polar surface area (TPSA) is 15.3 Å². The first-order valence-electron chi connectivity index (χ1n) is 8.21. The average molecular weight is 353 g/mol. The lowest BCUT2D eigenvalue weighted by molar-refractivity contribution is 0.325. The van der Waals surface area contributed by atoms with Crippen molar-refractivity contribution in [3.05, 3.63) is 28.2 Å². The fourth-order valence-electron chi connectivity index (χ4n) is 3.24. The maximum atomic E-state index is 3.63. The lowest BCUT2D eigenvalue weighted by Crippen LogP contribution is -2.28. The van der Waals surface area contributed by atoms with Gasteiger partial charge in [-0.25, -0.2) is 0 Å². The maximum absolute atomic E-state index is 3.63. The summed E-state index contributed by atoms with van der Waals surface area (Å²) in [4.78, 5) is 2.59. The van der Waals surface area contributed by atoms with Gasteiger partial charge in [0.1, 0.15) is 0 Å². The fraction of sp³-hybridized carbons (Fsp3) is 0.667. The Morgan fingerprint density at radius 2 is 2.05 bits per heavy atom. The Morgan fingerprint density at radius 3 is 2.76 bits per heavy atom. The molecule has 1 unspecified atom stereocenters. The molecule has 118 valence electrons. The highest BCUT2D eigenvalue weighted by molar-refractivity contribution is 9.10. The van der Waals surface area contributed by atoms with Crippen LogP contribution in [0.3, 0.4) is 0 Å². The van der Waals surface area contributed by atoms with E-state index in [2.05, 4.69) is 72.0 Å². The summed E-state index contributed by atoms with van der Waals surface area (Å²) in [7, 11) is 0. The van der Waals surface area contributed by atoms with Crippen molar-refractivity contribution in [2.24, 2.45) is 5.41 Å². The molecule has 2 nitrogen and oxygen atoms in total. The van der Waals surface area contributed by atoms with E-state index in [1.165, 1.54) is 48.1 Å². The highest BCUT2D eigenvalue weighted by Crippen LogP contribution is 2.35. The van der Waals surface area contributed by atoms with Crippen LogP contribution in [0.15, 0.2) is 22.7 Å². The van der Waals surface area contributed by atoms with E-state index >= 15 is 0 Å². The molecule has 2 rings (SSSR count). The van der Waals surface area contributed by atoms with Crippen LogP contribution in [0, 0.1) is 5.41 Å². The Hall–Kier alpha value is -0.540. The lowest BCUT2D eigenvalue weighted by Gasteiger charge is -2.29. The zero-order valence-corrected chi connectivity index (χ0v) is 15.5. The second kappa shape index (κ2) is 7.15. The molecule has 21 heavy (non-hydrogen) atoms. The van der Waals surface area contributed by atoms with Gasteiger partial charge in [0.2, 0.25) is 0 Å². The average Bonchev–Trinajstić information content (AvgIpc) is 2.60. The van der Waals surface area contributed by atoms with Crippen molar-refractivity contribution in [2.45, 2.75) is 53.0 Å². The molecule has 0 spiro atoms. The standard InChI is InChI=1S/C18H29BrN2/c1-5-20-14(2)16-13-15(19)7-8-17(16)21-11-6-9-18(3,4)10-12-21/h7-8,13-14,20H,5-6,9-12H2,1-4H3. The van der Waals surface area contributed by atoms with E-state index in [1.807, 2.05) is 0 Å². The first-order chi connectivity index (χ1) is 9.93. The predicted octanol–water partition coefficient (Wildman–Crippen LogP) is 5.14. The normalized spacial score (nSPS) is 20.1. The Kier molecular flexibility index (Phi) is 5.73. The van der Waals surface area contributed by atoms with E-state index in [4.69, 9.17) is 0 Å². The molecule has 1 N–H and O–H groups in total. The number of hydrogen-bond donors (Lipinski definition) is 1. The summed E-state index contributed by atoms with van der Waals surface area (Å²) in [6.07, 6.45) is 3.90. The summed E-state index contributed by atoms with van der Waals surface area (Å²) in [6, 6.07) is 7.12. The molecule has 0 saturated carbocycles. The fourth-order valence-corrected chi connectivity index (χ4v) is 3.62. The van der Waals surface area contributed by atoms with E-state index < -0.39 is 0 Å². The molecule has 1 saturated heterocycles. The number of rotatable bonds is 4. The van der Waals surface area contributed by atoms with E-state index in [-0.39, 0.29) is 0 Å². The molecule has 1 heterocycles. The third-order valence-corrected chi connectivity index (χ3v) is 5.14. The Morgan fingerprint density at radius 1 is 1.29 bits per heavy atom. The molecule has 0 radical (unpaired) electrons. The summed E-state index contributed by atoms with van der Waals surface area (Å²) < 4.78 is 1.17. The van der Waals surface area contributed by atoms with Gasteiger partial charge in [0.25, 0.3) is 0 Å². The number of anilines is 1. The highest BCUT2D eigenvalue weighted by atomic mass is 79.9. The summed E-state index contributed by atoms with van der Waals surface area (Å²) in [5.74, 6) is 0. The van der Waals surface area contributed by atoms with Crippen LogP contribution in [0.5, 0.6) is 0 Å². The van der Waals surface area contributed by atoms with Crippen molar-refractivity contribution >= 4 is 21.6 Å².